The molecule has 0 amide bonds. The minimum Gasteiger partial charge on any atom is -0.390 e. The van der Waals surface area contributed by atoms with E-state index in [1.807, 2.05) is 188 Å². The molecule has 6 aliphatic carbocycles. The van der Waals surface area contributed by atoms with Gasteiger partial charge in [0.15, 0.2) is 22.6 Å². The van der Waals surface area contributed by atoms with E-state index in [1.54, 1.807) is 105 Å². The van der Waals surface area contributed by atoms with Crippen molar-refractivity contribution in [3.63, 3.8) is 0 Å². The van der Waals surface area contributed by atoms with Crippen molar-refractivity contribution in [3.05, 3.63) is 391 Å². The fourth-order valence-electron chi connectivity index (χ4n) is 13.0. The lowest BCUT2D eigenvalue weighted by atomic mass is 9.75. The molecule has 0 saturated heterocycles. The van der Waals surface area contributed by atoms with Gasteiger partial charge in [0, 0.05) is 32.3 Å². The molecule has 6 heterocycles. The zero-order chi connectivity index (χ0) is 60.6. The minimum absolute atomic E-state index is 0.00606. The molecule has 0 atom stereocenters. The second-order valence-electron chi connectivity index (χ2n) is 21.8. The van der Waals surface area contributed by atoms with Crippen LogP contribution in [0.25, 0.3) is 79.1 Å². The quantitative estimate of drug-likeness (QED) is 0.116. The van der Waals surface area contributed by atoms with E-state index >= 15 is 28.8 Å². The molecule has 0 bridgehead atoms. The number of hydrogen-bond donors (Lipinski definition) is 0. The average molecular weight is 1160 g/mol. The van der Waals surface area contributed by atoms with E-state index in [0.717, 1.165) is 0 Å². The second-order valence-corrected chi connectivity index (χ2v) is 21.8. The lowest BCUT2D eigenvalue weighted by Crippen LogP contribution is -2.26. The summed E-state index contributed by atoms with van der Waals surface area (Å²) in [5.74, 6) is 0.907. The molecule has 422 valence electrons. The molecule has 6 aliphatic heterocycles. The highest BCUT2D eigenvalue weighted by Crippen LogP contribution is 2.48. The predicted molar refractivity (Wildman–Crippen MR) is 345 cm³/mol. The Hall–Kier alpha value is -12.2. The third-order valence-corrected chi connectivity index (χ3v) is 16.9. The van der Waals surface area contributed by atoms with Crippen molar-refractivity contribution in [3.8, 4) is 79.1 Å². The van der Waals surface area contributed by atoms with E-state index in [9.17, 15) is 0 Å². The smallest absolute Gasteiger partial charge is 0.390 e. The lowest BCUT2D eigenvalue weighted by molar-refractivity contribution is 0.539. The lowest BCUT2D eigenvalue weighted by Gasteiger charge is -2.19. The van der Waals surface area contributed by atoms with Crippen molar-refractivity contribution >= 4 is 0 Å². The highest BCUT2D eigenvalue weighted by atomic mass is 16.4. The summed E-state index contributed by atoms with van der Waals surface area (Å²) in [6.45, 7) is 0. The van der Waals surface area contributed by atoms with E-state index in [1.165, 1.54) is 0 Å². The van der Waals surface area contributed by atoms with E-state index in [0.29, 0.717) is 67.5 Å². The Balaban J connectivity index is 1.17. The van der Waals surface area contributed by atoms with Crippen LogP contribution >= 0.6 is 0 Å². The molecule has 0 spiro atoms. The van der Waals surface area contributed by atoms with Gasteiger partial charge in [-0.3, -0.25) is 9.13 Å². The normalized spacial score (nSPS) is 11.5. The number of rotatable bonds is 11. The van der Waals surface area contributed by atoms with Crippen molar-refractivity contribution in [2.75, 3.05) is 0 Å². The summed E-state index contributed by atoms with van der Waals surface area (Å²) < 4.78 is 18.7. The summed E-state index contributed by atoms with van der Waals surface area (Å²) >= 11 is 0. The molecule has 0 unspecified atom stereocenters. The molecule has 0 aromatic heterocycles. The second kappa shape index (κ2) is 21.4. The van der Waals surface area contributed by atoms with Crippen molar-refractivity contribution in [1.29, 1.82) is 0 Å². The maximum absolute atomic E-state index is 16.5. The van der Waals surface area contributed by atoms with Crippen molar-refractivity contribution in [2.45, 2.75) is 0 Å². The number of benzene rings is 3. The van der Waals surface area contributed by atoms with Crippen molar-refractivity contribution in [2.24, 2.45) is 14.1 Å². The standard InChI is InChI=1S/C77H49N4O8/c1-78-57-37-21-5-15-31-51(57)66(72(78)82)63(67-52-32-16-6-22-38-58(52)79(2)73(67)83)46-43-47(45-48(44-46)65(70-55-35-19-9-25-41-61(55)88-76(70)86)71-56-36-20-10-26-42-62(56)89-77(71)87)64(68-53-33-17-7-23-39-59(53)80(74(68)84)49-27-11-3-12-28-49)69-54-34-18-8-24-40-60(54)81(75(69)85)50-29-13-4-14-30-50/h3-45H,1-2H3/q+3. The number of hydrogen-bond acceptors (Lipinski definition) is 8. The Kier molecular flexibility index (Phi) is 12.9. The molecule has 12 aliphatic rings. The third kappa shape index (κ3) is 8.56. The first-order chi connectivity index (χ1) is 43.6. The summed E-state index contributed by atoms with van der Waals surface area (Å²) in [5, 5.41) is 0. The van der Waals surface area contributed by atoms with Crippen LogP contribution in [0.3, 0.4) is 0 Å². The van der Waals surface area contributed by atoms with Crippen LogP contribution in [-0.4, -0.2) is 18.3 Å². The molecule has 3 aromatic rings. The van der Waals surface area contributed by atoms with Crippen LogP contribution in [0.15, 0.2) is 298 Å². The van der Waals surface area contributed by atoms with Gasteiger partial charge in [-0.25, -0.2) is 37.9 Å². The topological polar surface area (TPSA) is 148 Å². The van der Waals surface area contributed by atoms with Crippen LogP contribution in [0.1, 0.15) is 50.1 Å². The van der Waals surface area contributed by atoms with Crippen molar-refractivity contribution in [1.82, 2.24) is 18.3 Å². The minimum atomic E-state index is -0.775. The molecule has 3 aromatic carbocycles. The molecule has 0 radical (unpaired) electrons. The first kappa shape index (κ1) is 53.6. The summed E-state index contributed by atoms with van der Waals surface area (Å²) in [6.07, 6.45) is 0. The monoisotopic (exact) mass is 1160 g/mol. The Morgan fingerprint density at radius 3 is 0.876 bits per heavy atom. The molecular formula is C77H49N4O8+3. The fraction of sp³-hybridized carbons (Fsp3) is 0.0260. The summed E-state index contributed by atoms with van der Waals surface area (Å²) in [5.41, 5.74) is 4.03. The SMILES string of the molecule is Cn1c2cccccc-2c([C+](c2cc([C+](c3c4cccccc-4oc3=O)c3c4cccccc-4oc3=O)cc([C+](c3c4cccccc-4n(-c4ccccc4)c3=O)c3c4cccccc-4n(-c4ccccc4)c3=O)c2)c2c3cccccc-3n(C)c2=O)c1=O. The summed E-state index contributed by atoms with van der Waals surface area (Å²) in [7, 11) is 3.37. The average Bonchev–Trinajstić information content (AvgIpc) is 1.61. The number of aromatic nitrogens is 4. The fourth-order valence-corrected chi connectivity index (χ4v) is 13.0. The van der Waals surface area contributed by atoms with Gasteiger partial charge in [-0.15, -0.1) is 0 Å². The van der Waals surface area contributed by atoms with Gasteiger partial charge in [-0.2, -0.15) is 0 Å². The zero-order valence-electron chi connectivity index (χ0n) is 47.9. The van der Waals surface area contributed by atoms with Gasteiger partial charge in [0.25, 0.3) is 0 Å². The first-order valence-corrected chi connectivity index (χ1v) is 28.9. The van der Waals surface area contributed by atoms with E-state index < -0.39 is 33.5 Å². The number of furan rings is 2. The Bertz CT molecular complexity index is 5110. The first-order valence-electron chi connectivity index (χ1n) is 28.9. The highest BCUT2D eigenvalue weighted by Gasteiger charge is 2.47. The van der Waals surface area contributed by atoms with Crippen LogP contribution in [0.2, 0.25) is 0 Å². The molecule has 0 fully saturated rings. The number of nitrogens with zero attached hydrogens (tertiary/aromatic N) is 4. The highest BCUT2D eigenvalue weighted by molar-refractivity contribution is 5.86. The molecule has 12 nitrogen and oxygen atoms in total. The zero-order valence-corrected chi connectivity index (χ0v) is 47.9. The summed E-state index contributed by atoms with van der Waals surface area (Å²) in [6, 6.07) is 78.3. The van der Waals surface area contributed by atoms with Gasteiger partial charge >= 0.3 is 33.5 Å². The summed E-state index contributed by atoms with van der Waals surface area (Å²) in [4.78, 5) is 95.0. The Labute approximate surface area is 508 Å². The van der Waals surface area contributed by atoms with Crippen LogP contribution in [-0.2, 0) is 14.1 Å². The maximum atomic E-state index is 16.5. The van der Waals surface area contributed by atoms with Crippen LogP contribution in [0, 0.1) is 17.8 Å². The van der Waals surface area contributed by atoms with Gasteiger partial charge in [0.05, 0.1) is 102 Å². The van der Waals surface area contributed by atoms with Crippen molar-refractivity contribution < 1.29 is 8.83 Å². The number of fused-ring (bicyclic) bond motifs is 6. The molecular weight excluding hydrogens is 1110 g/mol. The van der Waals surface area contributed by atoms with Gasteiger partial charge in [0.1, 0.15) is 22.3 Å². The van der Waals surface area contributed by atoms with Gasteiger partial charge in [-0.05, 0) is 97.1 Å². The van der Waals surface area contributed by atoms with Gasteiger partial charge in [0.2, 0.25) is 0 Å². The van der Waals surface area contributed by atoms with E-state index in [2.05, 4.69) is 0 Å². The van der Waals surface area contributed by atoms with E-state index in [-0.39, 0.29) is 79.3 Å². The van der Waals surface area contributed by atoms with Crippen LogP contribution < -0.4 is 33.5 Å². The Morgan fingerprint density at radius 2 is 0.528 bits per heavy atom. The van der Waals surface area contributed by atoms with E-state index in [4.69, 9.17) is 8.83 Å². The van der Waals surface area contributed by atoms with Crippen LogP contribution in [0.5, 0.6) is 0 Å². The van der Waals surface area contributed by atoms with Gasteiger partial charge < -0.3 is 8.83 Å². The van der Waals surface area contributed by atoms with Gasteiger partial charge in [-0.1, -0.05) is 146 Å². The molecule has 0 saturated carbocycles. The number of para-hydroxylation sites is 2. The molecule has 15 rings (SSSR count). The Morgan fingerprint density at radius 1 is 0.270 bits per heavy atom. The maximum Gasteiger partial charge on any atom is 0.394 e. The van der Waals surface area contributed by atoms with Crippen LogP contribution in [0.4, 0.5) is 0 Å². The largest absolute Gasteiger partial charge is 0.394 e. The molecule has 89 heavy (non-hydrogen) atoms. The molecule has 12 heteroatoms. The predicted octanol–water partition coefficient (Wildman–Crippen LogP) is 13.0. The molecule has 0 N–H and O–H groups in total. The third-order valence-electron chi connectivity index (χ3n) is 16.9.